The lowest BCUT2D eigenvalue weighted by Crippen LogP contribution is -2.30. The minimum atomic E-state index is -3.57. The first-order valence-electron chi connectivity index (χ1n) is 10.1. The summed E-state index contributed by atoms with van der Waals surface area (Å²) in [6.07, 6.45) is 6.14. The van der Waals surface area contributed by atoms with Gasteiger partial charge in [0.1, 0.15) is 4.21 Å². The molecule has 0 radical (unpaired) electrons. The molecule has 2 aromatic rings. The number of thiophene rings is 1. The number of benzene rings is 1. The van der Waals surface area contributed by atoms with Gasteiger partial charge in [-0.2, -0.15) is 0 Å². The van der Waals surface area contributed by atoms with E-state index in [2.05, 4.69) is 10.2 Å². The highest BCUT2D eigenvalue weighted by molar-refractivity contribution is 7.94. The van der Waals surface area contributed by atoms with Crippen LogP contribution in [0.15, 0.2) is 46.0 Å². The second kappa shape index (κ2) is 10.2. The minimum Gasteiger partial charge on any atom is -0.352 e. The van der Waals surface area contributed by atoms with Crippen molar-refractivity contribution in [2.24, 2.45) is 0 Å². The van der Waals surface area contributed by atoms with Gasteiger partial charge in [0, 0.05) is 19.2 Å². The van der Waals surface area contributed by atoms with Gasteiger partial charge >= 0.3 is 0 Å². The van der Waals surface area contributed by atoms with Crippen LogP contribution in [0, 0.1) is 0 Å². The molecule has 3 rings (SSSR count). The molecule has 8 heteroatoms. The van der Waals surface area contributed by atoms with Crippen molar-refractivity contribution in [1.82, 2.24) is 10.2 Å². The molecule has 2 heterocycles. The normalized spacial score (nSPS) is 15.6. The summed E-state index contributed by atoms with van der Waals surface area (Å²) < 4.78 is 26.7. The van der Waals surface area contributed by atoms with E-state index in [1.165, 1.54) is 48.4 Å². The molecule has 1 N–H and O–H groups in total. The number of carbonyl (C=O) groups excluding carboxylic acids is 1. The zero-order chi connectivity index (χ0) is 20.7. The Labute approximate surface area is 177 Å². The summed E-state index contributed by atoms with van der Waals surface area (Å²) in [6, 6.07) is 9.96. The molecular formula is C21H29N3O3S2. The molecule has 0 unspecified atom stereocenters. The molecule has 1 aromatic carbocycles. The molecule has 1 fully saturated rings. The van der Waals surface area contributed by atoms with Crippen LogP contribution in [0.1, 0.15) is 42.5 Å². The quantitative estimate of drug-likeness (QED) is 0.644. The van der Waals surface area contributed by atoms with Crippen molar-refractivity contribution >= 4 is 33.0 Å². The van der Waals surface area contributed by atoms with Crippen LogP contribution in [-0.4, -0.2) is 52.5 Å². The Morgan fingerprint density at radius 3 is 2.41 bits per heavy atom. The lowest BCUT2D eigenvalue weighted by atomic mass is 10.2. The van der Waals surface area contributed by atoms with Crippen LogP contribution in [-0.2, 0) is 10.0 Å². The van der Waals surface area contributed by atoms with Crippen molar-refractivity contribution in [1.29, 1.82) is 0 Å². The van der Waals surface area contributed by atoms with Crippen LogP contribution in [0.25, 0.3) is 0 Å². The number of likely N-dealkylation sites (tertiary alicyclic amines) is 1. The van der Waals surface area contributed by atoms with E-state index in [-0.39, 0.29) is 5.91 Å². The van der Waals surface area contributed by atoms with Crippen LogP contribution in [0.4, 0.5) is 5.69 Å². The number of hydrogen-bond acceptors (Lipinski definition) is 5. The zero-order valence-electron chi connectivity index (χ0n) is 16.8. The number of sulfonamides is 1. The smallest absolute Gasteiger partial charge is 0.273 e. The third-order valence-electron chi connectivity index (χ3n) is 5.24. The third-order valence-corrected chi connectivity index (χ3v) is 8.40. The molecule has 1 aliphatic rings. The molecule has 0 spiro atoms. The van der Waals surface area contributed by atoms with E-state index < -0.39 is 10.0 Å². The van der Waals surface area contributed by atoms with E-state index in [1.54, 1.807) is 41.8 Å². The largest absolute Gasteiger partial charge is 0.352 e. The minimum absolute atomic E-state index is 0.129. The first kappa shape index (κ1) is 21.8. The summed E-state index contributed by atoms with van der Waals surface area (Å²) in [7, 11) is -2.05. The first-order chi connectivity index (χ1) is 14.0. The van der Waals surface area contributed by atoms with E-state index in [0.717, 1.165) is 26.1 Å². The van der Waals surface area contributed by atoms with Crippen molar-refractivity contribution in [2.75, 3.05) is 37.5 Å². The lowest BCUT2D eigenvalue weighted by Gasteiger charge is -2.19. The lowest BCUT2D eigenvalue weighted by molar-refractivity contribution is 0.0951. The number of carbonyl (C=O) groups is 1. The summed E-state index contributed by atoms with van der Waals surface area (Å²) in [6.45, 7) is 3.99. The summed E-state index contributed by atoms with van der Waals surface area (Å²) in [4.78, 5) is 14.8. The van der Waals surface area contributed by atoms with Crippen molar-refractivity contribution in [3.8, 4) is 0 Å². The van der Waals surface area contributed by atoms with Gasteiger partial charge in [0.25, 0.3) is 15.9 Å². The van der Waals surface area contributed by atoms with E-state index >= 15 is 0 Å². The molecule has 0 bridgehead atoms. The number of nitrogens with one attached hydrogen (secondary N) is 1. The molecule has 1 amide bonds. The van der Waals surface area contributed by atoms with Gasteiger partial charge in [0.05, 0.1) is 5.69 Å². The number of rotatable bonds is 8. The van der Waals surface area contributed by atoms with E-state index in [4.69, 9.17) is 0 Å². The van der Waals surface area contributed by atoms with E-state index in [1.807, 2.05) is 0 Å². The van der Waals surface area contributed by atoms with Gasteiger partial charge < -0.3 is 10.2 Å². The van der Waals surface area contributed by atoms with Gasteiger partial charge in [-0.3, -0.25) is 9.10 Å². The maximum Gasteiger partial charge on any atom is 0.273 e. The molecular weight excluding hydrogens is 406 g/mol. The Morgan fingerprint density at radius 1 is 1.10 bits per heavy atom. The van der Waals surface area contributed by atoms with Crippen LogP contribution in [0.2, 0.25) is 0 Å². The molecule has 6 nitrogen and oxygen atoms in total. The monoisotopic (exact) mass is 435 g/mol. The predicted octanol–water partition coefficient (Wildman–Crippen LogP) is 3.57. The highest BCUT2D eigenvalue weighted by atomic mass is 32.2. The van der Waals surface area contributed by atoms with Crippen molar-refractivity contribution < 1.29 is 13.2 Å². The molecule has 1 aliphatic heterocycles. The second-order valence-electron chi connectivity index (χ2n) is 7.32. The average molecular weight is 436 g/mol. The Bertz CT molecular complexity index is 872. The molecule has 29 heavy (non-hydrogen) atoms. The highest BCUT2D eigenvalue weighted by Crippen LogP contribution is 2.25. The van der Waals surface area contributed by atoms with Crippen molar-refractivity contribution in [3.05, 3.63) is 47.3 Å². The van der Waals surface area contributed by atoms with Gasteiger partial charge in [0.15, 0.2) is 0 Å². The number of nitrogens with zero attached hydrogens (tertiary/aromatic N) is 2. The van der Waals surface area contributed by atoms with Crippen LogP contribution >= 0.6 is 11.3 Å². The fourth-order valence-corrected chi connectivity index (χ4v) is 5.83. The molecule has 0 saturated carbocycles. The fourth-order valence-electron chi connectivity index (χ4n) is 3.47. The van der Waals surface area contributed by atoms with Crippen molar-refractivity contribution in [3.63, 3.8) is 0 Å². The number of amides is 1. The standard InChI is InChI=1S/C21H29N3O3S2/c1-23(29(26,27)20-8-6-17-28-20)19-11-9-18(10-12-19)21(25)22-13-7-16-24-14-4-2-3-5-15-24/h6,8-12,17H,2-5,7,13-16H2,1H3,(H,22,25). The van der Waals surface area contributed by atoms with Crippen LogP contribution in [0.3, 0.4) is 0 Å². The molecule has 158 valence electrons. The van der Waals surface area contributed by atoms with Gasteiger partial charge in [-0.25, -0.2) is 8.42 Å². The van der Waals surface area contributed by atoms with Crippen molar-refractivity contribution in [2.45, 2.75) is 36.3 Å². The summed E-state index contributed by atoms with van der Waals surface area (Å²) in [5, 5.41) is 4.70. The number of anilines is 1. The van der Waals surface area contributed by atoms with Gasteiger partial charge in [0.2, 0.25) is 0 Å². The molecule has 0 atom stereocenters. The fraction of sp³-hybridized carbons (Fsp3) is 0.476. The Hall–Kier alpha value is -1.90. The molecule has 1 saturated heterocycles. The predicted molar refractivity (Wildman–Crippen MR) is 118 cm³/mol. The zero-order valence-corrected chi connectivity index (χ0v) is 18.5. The maximum absolute atomic E-state index is 12.6. The topological polar surface area (TPSA) is 69.7 Å². The summed E-state index contributed by atoms with van der Waals surface area (Å²) in [5.74, 6) is -0.129. The average Bonchev–Trinajstić information content (AvgIpc) is 3.16. The van der Waals surface area contributed by atoms with Gasteiger partial charge in [-0.1, -0.05) is 18.9 Å². The molecule has 0 aliphatic carbocycles. The third kappa shape index (κ3) is 5.81. The maximum atomic E-state index is 12.6. The SMILES string of the molecule is CN(c1ccc(C(=O)NCCCN2CCCCCC2)cc1)S(=O)(=O)c1cccs1. The molecule has 1 aromatic heterocycles. The Balaban J connectivity index is 1.49. The van der Waals surface area contributed by atoms with Crippen LogP contribution in [0.5, 0.6) is 0 Å². The first-order valence-corrected chi connectivity index (χ1v) is 12.4. The van der Waals surface area contributed by atoms with E-state index in [0.29, 0.717) is 22.0 Å². The second-order valence-corrected chi connectivity index (χ2v) is 10.5. The Morgan fingerprint density at radius 2 is 1.79 bits per heavy atom. The number of hydrogen-bond donors (Lipinski definition) is 1. The van der Waals surface area contributed by atoms with E-state index in [9.17, 15) is 13.2 Å². The summed E-state index contributed by atoms with van der Waals surface area (Å²) >= 11 is 1.19. The van der Waals surface area contributed by atoms with Crippen LogP contribution < -0.4 is 9.62 Å². The highest BCUT2D eigenvalue weighted by Gasteiger charge is 2.22. The van der Waals surface area contributed by atoms with Gasteiger partial charge in [-0.05, 0) is 74.6 Å². The summed E-state index contributed by atoms with van der Waals surface area (Å²) in [5.41, 5.74) is 1.06. The van der Waals surface area contributed by atoms with Gasteiger partial charge in [-0.15, -0.1) is 11.3 Å². The Kier molecular flexibility index (Phi) is 7.69.